The highest BCUT2D eigenvalue weighted by molar-refractivity contribution is 5.81. The molecule has 1 amide bonds. The molecule has 2 aromatic rings. The van der Waals surface area contributed by atoms with Crippen LogP contribution in [-0.4, -0.2) is 18.8 Å². The fraction of sp³-hybridized carbons (Fsp3) is 0.350. The van der Waals surface area contributed by atoms with Gasteiger partial charge in [0.25, 0.3) is 5.91 Å². The van der Waals surface area contributed by atoms with Gasteiger partial charge in [0.05, 0.1) is 0 Å². The summed E-state index contributed by atoms with van der Waals surface area (Å²) >= 11 is 0. The fourth-order valence-electron chi connectivity index (χ4n) is 2.84. The molecule has 0 bridgehead atoms. The topological polar surface area (TPSA) is 56.8 Å². The van der Waals surface area contributed by atoms with E-state index in [0.717, 1.165) is 28.2 Å². The molecule has 2 aromatic carbocycles. The molecule has 3 rings (SSSR count). The number of ether oxygens (including phenoxy) is 3. The van der Waals surface area contributed by atoms with Crippen LogP contribution in [0.25, 0.3) is 0 Å². The van der Waals surface area contributed by atoms with E-state index in [2.05, 4.69) is 11.4 Å². The average molecular weight is 341 g/mol. The summed E-state index contributed by atoms with van der Waals surface area (Å²) in [6, 6.07) is 11.6. The van der Waals surface area contributed by atoms with Crippen molar-refractivity contribution in [2.75, 3.05) is 6.79 Å². The van der Waals surface area contributed by atoms with Crippen LogP contribution in [0.15, 0.2) is 36.4 Å². The van der Waals surface area contributed by atoms with Gasteiger partial charge in [0, 0.05) is 6.54 Å². The maximum Gasteiger partial charge on any atom is 0.261 e. The van der Waals surface area contributed by atoms with E-state index in [9.17, 15) is 4.79 Å². The second-order valence-corrected chi connectivity index (χ2v) is 6.24. The monoisotopic (exact) mass is 341 g/mol. The van der Waals surface area contributed by atoms with Crippen LogP contribution in [0.1, 0.15) is 30.0 Å². The van der Waals surface area contributed by atoms with Gasteiger partial charge in [0.1, 0.15) is 5.75 Å². The predicted molar refractivity (Wildman–Crippen MR) is 95.0 cm³/mol. The van der Waals surface area contributed by atoms with Crippen molar-refractivity contribution in [2.24, 2.45) is 0 Å². The molecular formula is C20H23NO4. The van der Waals surface area contributed by atoms with Gasteiger partial charge < -0.3 is 19.5 Å². The van der Waals surface area contributed by atoms with E-state index < -0.39 is 6.10 Å². The minimum Gasteiger partial charge on any atom is -0.481 e. The third-order valence-corrected chi connectivity index (χ3v) is 4.04. The molecular weight excluding hydrogens is 318 g/mol. The number of carbonyl (C=O) groups excluding carboxylic acids is 1. The van der Waals surface area contributed by atoms with Crippen molar-refractivity contribution in [3.8, 4) is 17.2 Å². The van der Waals surface area contributed by atoms with Crippen molar-refractivity contribution in [1.29, 1.82) is 0 Å². The first-order valence-corrected chi connectivity index (χ1v) is 8.46. The van der Waals surface area contributed by atoms with Gasteiger partial charge in [-0.15, -0.1) is 0 Å². The zero-order chi connectivity index (χ0) is 17.8. The number of fused-ring (bicyclic) bond motifs is 1. The van der Waals surface area contributed by atoms with Gasteiger partial charge >= 0.3 is 0 Å². The van der Waals surface area contributed by atoms with E-state index in [4.69, 9.17) is 14.2 Å². The maximum absolute atomic E-state index is 12.5. The number of hydrogen-bond acceptors (Lipinski definition) is 4. The normalized spacial score (nSPS) is 13.4. The van der Waals surface area contributed by atoms with Gasteiger partial charge in [-0.3, -0.25) is 4.79 Å². The summed E-state index contributed by atoms with van der Waals surface area (Å²) in [4.78, 5) is 12.5. The molecule has 1 aliphatic heterocycles. The molecule has 0 unspecified atom stereocenters. The summed E-state index contributed by atoms with van der Waals surface area (Å²) in [5.74, 6) is 2.05. The van der Waals surface area contributed by atoms with E-state index in [-0.39, 0.29) is 12.7 Å². The highest BCUT2D eigenvalue weighted by Gasteiger charge is 2.19. The quantitative estimate of drug-likeness (QED) is 0.874. The predicted octanol–water partition coefficient (Wildman–Crippen LogP) is 3.51. The van der Waals surface area contributed by atoms with Crippen molar-refractivity contribution in [3.63, 3.8) is 0 Å². The summed E-state index contributed by atoms with van der Waals surface area (Å²) in [7, 11) is 0. The van der Waals surface area contributed by atoms with Gasteiger partial charge in [-0.2, -0.15) is 0 Å². The Balaban J connectivity index is 1.60. The molecule has 1 heterocycles. The third kappa shape index (κ3) is 4.24. The third-order valence-electron chi connectivity index (χ3n) is 4.04. The Morgan fingerprint density at radius 3 is 2.56 bits per heavy atom. The Morgan fingerprint density at radius 1 is 1.12 bits per heavy atom. The largest absolute Gasteiger partial charge is 0.481 e. The Kier molecular flexibility index (Phi) is 5.12. The number of aryl methyl sites for hydroxylation is 2. The number of benzene rings is 2. The molecule has 1 N–H and O–H groups in total. The van der Waals surface area contributed by atoms with Gasteiger partial charge in [0.15, 0.2) is 17.6 Å². The molecule has 0 radical (unpaired) electrons. The summed E-state index contributed by atoms with van der Waals surface area (Å²) in [5, 5.41) is 2.93. The van der Waals surface area contributed by atoms with Gasteiger partial charge in [-0.25, -0.2) is 0 Å². The van der Waals surface area contributed by atoms with Crippen LogP contribution < -0.4 is 19.5 Å². The van der Waals surface area contributed by atoms with Gasteiger partial charge in [-0.1, -0.05) is 19.1 Å². The van der Waals surface area contributed by atoms with Crippen LogP contribution in [0.3, 0.4) is 0 Å². The van der Waals surface area contributed by atoms with E-state index in [1.807, 2.05) is 51.1 Å². The van der Waals surface area contributed by atoms with Crippen LogP contribution >= 0.6 is 0 Å². The number of rotatable bonds is 6. The minimum absolute atomic E-state index is 0.126. The van der Waals surface area contributed by atoms with E-state index >= 15 is 0 Å². The SMILES string of the molecule is CC[C@H](Oc1cc(C)cc(C)c1)C(=O)NCc1ccc2c(c1)OCO2. The highest BCUT2D eigenvalue weighted by Crippen LogP contribution is 2.32. The Labute approximate surface area is 147 Å². The van der Waals surface area contributed by atoms with Crippen molar-refractivity contribution in [3.05, 3.63) is 53.1 Å². The lowest BCUT2D eigenvalue weighted by Gasteiger charge is -2.18. The molecule has 0 fully saturated rings. The zero-order valence-corrected chi connectivity index (χ0v) is 14.8. The average Bonchev–Trinajstić information content (AvgIpc) is 3.04. The van der Waals surface area contributed by atoms with Crippen LogP contribution in [0.2, 0.25) is 0 Å². The fourth-order valence-corrected chi connectivity index (χ4v) is 2.84. The van der Waals surface area contributed by atoms with Gasteiger partial charge in [0.2, 0.25) is 6.79 Å². The van der Waals surface area contributed by atoms with Crippen LogP contribution in [0.5, 0.6) is 17.2 Å². The van der Waals surface area contributed by atoms with Crippen LogP contribution in [-0.2, 0) is 11.3 Å². The molecule has 1 atom stereocenters. The lowest BCUT2D eigenvalue weighted by molar-refractivity contribution is -0.128. The molecule has 0 aromatic heterocycles. The van der Waals surface area contributed by atoms with Crippen LogP contribution in [0, 0.1) is 13.8 Å². The first-order valence-electron chi connectivity index (χ1n) is 8.46. The van der Waals surface area contributed by atoms with Crippen molar-refractivity contribution >= 4 is 5.91 Å². The van der Waals surface area contributed by atoms with Crippen molar-refractivity contribution in [2.45, 2.75) is 39.8 Å². The van der Waals surface area contributed by atoms with E-state index in [1.165, 1.54) is 0 Å². The maximum atomic E-state index is 12.5. The molecule has 132 valence electrons. The smallest absolute Gasteiger partial charge is 0.261 e. The summed E-state index contributed by atoms with van der Waals surface area (Å²) in [6.07, 6.45) is 0.0789. The molecule has 5 heteroatoms. The minimum atomic E-state index is -0.518. The summed E-state index contributed by atoms with van der Waals surface area (Å²) in [6.45, 7) is 6.63. The standard InChI is InChI=1S/C20H23NO4/c1-4-17(25-16-8-13(2)7-14(3)9-16)20(22)21-11-15-5-6-18-19(10-15)24-12-23-18/h5-10,17H,4,11-12H2,1-3H3,(H,21,22)/t17-/m0/s1. The first kappa shape index (κ1) is 17.1. The lowest BCUT2D eigenvalue weighted by atomic mass is 10.1. The summed E-state index contributed by atoms with van der Waals surface area (Å²) in [5.41, 5.74) is 3.19. The van der Waals surface area contributed by atoms with Crippen molar-refractivity contribution < 1.29 is 19.0 Å². The lowest BCUT2D eigenvalue weighted by Crippen LogP contribution is -2.37. The molecule has 0 saturated carbocycles. The second-order valence-electron chi connectivity index (χ2n) is 6.24. The Morgan fingerprint density at radius 2 is 1.84 bits per heavy atom. The van der Waals surface area contributed by atoms with Crippen LogP contribution in [0.4, 0.5) is 0 Å². The number of amides is 1. The molecule has 0 saturated heterocycles. The first-order chi connectivity index (χ1) is 12.0. The van der Waals surface area contributed by atoms with E-state index in [0.29, 0.717) is 18.7 Å². The van der Waals surface area contributed by atoms with E-state index in [1.54, 1.807) is 0 Å². The van der Waals surface area contributed by atoms with Gasteiger partial charge in [-0.05, 0) is 61.2 Å². The number of nitrogens with one attached hydrogen (secondary N) is 1. The molecule has 0 aliphatic carbocycles. The molecule has 0 spiro atoms. The van der Waals surface area contributed by atoms with Crippen molar-refractivity contribution in [1.82, 2.24) is 5.32 Å². The number of carbonyl (C=O) groups is 1. The molecule has 25 heavy (non-hydrogen) atoms. The second kappa shape index (κ2) is 7.47. The molecule has 5 nitrogen and oxygen atoms in total. The molecule has 1 aliphatic rings. The highest BCUT2D eigenvalue weighted by atomic mass is 16.7. The Bertz CT molecular complexity index is 752. The Hall–Kier alpha value is -2.69. The zero-order valence-electron chi connectivity index (χ0n) is 14.8. The number of hydrogen-bond donors (Lipinski definition) is 1. The summed E-state index contributed by atoms with van der Waals surface area (Å²) < 4.78 is 16.5.